The number of piperazine rings is 1. The van der Waals surface area contributed by atoms with Gasteiger partial charge in [-0.3, -0.25) is 14.4 Å². The summed E-state index contributed by atoms with van der Waals surface area (Å²) < 4.78 is 7.05. The highest BCUT2D eigenvalue weighted by atomic mass is 16.5. The lowest BCUT2D eigenvalue weighted by atomic mass is 9.96. The summed E-state index contributed by atoms with van der Waals surface area (Å²) in [6.45, 7) is 5.61. The second-order valence-corrected chi connectivity index (χ2v) is 7.97. The Bertz CT molecular complexity index is 951. The Hall–Kier alpha value is -3.19. The van der Waals surface area contributed by atoms with Crippen LogP contribution in [0.3, 0.4) is 0 Å². The van der Waals surface area contributed by atoms with Gasteiger partial charge in [0.1, 0.15) is 18.4 Å². The fraction of sp³-hybridized carbons (Fsp3) is 0.375. The Labute approximate surface area is 183 Å². The van der Waals surface area contributed by atoms with Gasteiger partial charge in [0.2, 0.25) is 5.91 Å². The molecule has 1 aliphatic rings. The van der Waals surface area contributed by atoms with E-state index >= 15 is 0 Å². The summed E-state index contributed by atoms with van der Waals surface area (Å²) in [6, 6.07) is 19.0. The third-order valence-corrected chi connectivity index (χ3v) is 5.89. The van der Waals surface area contributed by atoms with Crippen LogP contribution in [0.4, 0.5) is 0 Å². The standard InChI is InChI=1S/C24H29N5O2/c1-19(16-29-18-25-17-26-29)24(30)28-14-12-27(13-15-28)23(20-6-4-3-5-7-20)21-8-10-22(31-2)11-9-21/h3-11,17-19,23H,12-16H2,1-2H3/t19-,23-/m0/s1. The van der Waals surface area contributed by atoms with Crippen LogP contribution in [0.25, 0.3) is 0 Å². The molecule has 0 unspecified atom stereocenters. The van der Waals surface area contributed by atoms with Gasteiger partial charge >= 0.3 is 0 Å². The molecule has 0 N–H and O–H groups in total. The van der Waals surface area contributed by atoms with Crippen LogP contribution in [-0.4, -0.2) is 63.8 Å². The number of hydrogen-bond donors (Lipinski definition) is 0. The molecule has 0 radical (unpaired) electrons. The van der Waals surface area contributed by atoms with Crippen LogP contribution >= 0.6 is 0 Å². The summed E-state index contributed by atoms with van der Waals surface area (Å²) in [4.78, 5) is 21.3. The second kappa shape index (κ2) is 9.75. The van der Waals surface area contributed by atoms with E-state index in [-0.39, 0.29) is 17.9 Å². The highest BCUT2D eigenvalue weighted by Crippen LogP contribution is 2.31. The fourth-order valence-corrected chi connectivity index (χ4v) is 4.23. The van der Waals surface area contributed by atoms with E-state index in [2.05, 4.69) is 51.4 Å². The van der Waals surface area contributed by atoms with Crippen molar-refractivity contribution >= 4 is 5.91 Å². The first-order chi connectivity index (χ1) is 15.2. The maximum Gasteiger partial charge on any atom is 0.227 e. The first-order valence-electron chi connectivity index (χ1n) is 10.7. The van der Waals surface area contributed by atoms with Crippen LogP contribution < -0.4 is 4.74 Å². The lowest BCUT2D eigenvalue weighted by Gasteiger charge is -2.40. The molecular formula is C24H29N5O2. The van der Waals surface area contributed by atoms with Crippen molar-refractivity contribution in [3.05, 3.63) is 78.4 Å². The zero-order valence-corrected chi connectivity index (χ0v) is 18.1. The van der Waals surface area contributed by atoms with Crippen LogP contribution in [0.1, 0.15) is 24.1 Å². The summed E-state index contributed by atoms with van der Waals surface area (Å²) in [6.07, 6.45) is 3.15. The number of methoxy groups -OCH3 is 1. The molecule has 7 nitrogen and oxygen atoms in total. The van der Waals surface area contributed by atoms with Gasteiger partial charge < -0.3 is 9.64 Å². The summed E-state index contributed by atoms with van der Waals surface area (Å²) in [7, 11) is 1.68. The molecule has 1 amide bonds. The molecule has 1 fully saturated rings. The molecule has 2 heterocycles. The zero-order chi connectivity index (χ0) is 21.6. The zero-order valence-electron chi connectivity index (χ0n) is 18.1. The summed E-state index contributed by atoms with van der Waals surface area (Å²) in [5.74, 6) is 0.906. The molecule has 0 saturated carbocycles. The van der Waals surface area contributed by atoms with Crippen molar-refractivity contribution in [3.8, 4) is 5.75 Å². The molecule has 0 spiro atoms. The van der Waals surface area contributed by atoms with Crippen molar-refractivity contribution in [2.75, 3.05) is 33.3 Å². The molecule has 1 aromatic heterocycles. The predicted octanol–water partition coefficient (Wildman–Crippen LogP) is 2.86. The number of amides is 1. The van der Waals surface area contributed by atoms with Crippen LogP contribution in [0.5, 0.6) is 5.75 Å². The molecule has 162 valence electrons. The van der Waals surface area contributed by atoms with Gasteiger partial charge in [0.15, 0.2) is 0 Å². The van der Waals surface area contributed by atoms with Gasteiger partial charge in [0.05, 0.1) is 25.6 Å². The number of aromatic nitrogens is 3. The van der Waals surface area contributed by atoms with Gasteiger partial charge in [-0.25, -0.2) is 4.98 Å². The van der Waals surface area contributed by atoms with Crippen LogP contribution in [0.2, 0.25) is 0 Å². The number of nitrogens with zero attached hydrogens (tertiary/aromatic N) is 5. The summed E-state index contributed by atoms with van der Waals surface area (Å²) in [5, 5.41) is 4.12. The maximum atomic E-state index is 12.9. The number of carbonyl (C=O) groups is 1. The largest absolute Gasteiger partial charge is 0.497 e. The smallest absolute Gasteiger partial charge is 0.227 e. The molecule has 0 aliphatic carbocycles. The fourth-order valence-electron chi connectivity index (χ4n) is 4.23. The lowest BCUT2D eigenvalue weighted by Crippen LogP contribution is -2.51. The van der Waals surface area contributed by atoms with E-state index in [0.29, 0.717) is 6.54 Å². The Morgan fingerprint density at radius 2 is 1.68 bits per heavy atom. The van der Waals surface area contributed by atoms with E-state index in [1.54, 1.807) is 18.1 Å². The molecule has 1 aliphatic heterocycles. The topological polar surface area (TPSA) is 63.5 Å². The van der Waals surface area contributed by atoms with Crippen molar-refractivity contribution in [1.82, 2.24) is 24.6 Å². The number of carbonyl (C=O) groups excluding carboxylic acids is 1. The Morgan fingerprint density at radius 3 is 2.29 bits per heavy atom. The predicted molar refractivity (Wildman–Crippen MR) is 119 cm³/mol. The molecule has 0 bridgehead atoms. The second-order valence-electron chi connectivity index (χ2n) is 7.97. The SMILES string of the molecule is COc1ccc([C@H](c2ccccc2)N2CCN(C(=O)[C@@H](C)Cn3cncn3)CC2)cc1. The first kappa shape index (κ1) is 21.1. The van der Waals surface area contributed by atoms with Crippen molar-refractivity contribution in [2.45, 2.75) is 19.5 Å². The highest BCUT2D eigenvalue weighted by molar-refractivity contribution is 5.78. The number of benzene rings is 2. The highest BCUT2D eigenvalue weighted by Gasteiger charge is 2.30. The normalized spacial score (nSPS) is 16.6. The van der Waals surface area contributed by atoms with E-state index in [4.69, 9.17) is 4.74 Å². The third-order valence-electron chi connectivity index (χ3n) is 5.89. The van der Waals surface area contributed by atoms with Gasteiger partial charge in [-0.05, 0) is 23.3 Å². The maximum absolute atomic E-state index is 12.9. The van der Waals surface area contributed by atoms with Gasteiger partial charge in [0, 0.05) is 26.2 Å². The summed E-state index contributed by atoms with van der Waals surface area (Å²) >= 11 is 0. The molecule has 3 aromatic rings. The average Bonchev–Trinajstić information content (AvgIpc) is 3.33. The van der Waals surface area contributed by atoms with E-state index < -0.39 is 0 Å². The molecule has 31 heavy (non-hydrogen) atoms. The Balaban J connectivity index is 1.45. The van der Waals surface area contributed by atoms with Crippen molar-refractivity contribution in [2.24, 2.45) is 5.92 Å². The summed E-state index contributed by atoms with van der Waals surface area (Å²) in [5.41, 5.74) is 2.48. The Morgan fingerprint density at radius 1 is 1.00 bits per heavy atom. The van der Waals surface area contributed by atoms with Gasteiger partial charge in [-0.1, -0.05) is 49.4 Å². The van der Waals surface area contributed by atoms with Gasteiger partial charge in [-0.2, -0.15) is 5.10 Å². The minimum atomic E-state index is -0.125. The van der Waals surface area contributed by atoms with Gasteiger partial charge in [0.25, 0.3) is 0 Å². The molecule has 4 rings (SSSR count). The number of hydrogen-bond acceptors (Lipinski definition) is 5. The van der Waals surface area contributed by atoms with Gasteiger partial charge in [-0.15, -0.1) is 0 Å². The molecule has 7 heteroatoms. The van der Waals surface area contributed by atoms with Crippen LogP contribution in [0, 0.1) is 5.92 Å². The van der Waals surface area contributed by atoms with Crippen molar-refractivity contribution in [1.29, 1.82) is 0 Å². The van der Waals surface area contributed by atoms with E-state index in [1.165, 1.54) is 17.5 Å². The van der Waals surface area contributed by atoms with Crippen molar-refractivity contribution in [3.63, 3.8) is 0 Å². The minimum absolute atomic E-state index is 0.125. The van der Waals surface area contributed by atoms with Crippen LogP contribution in [-0.2, 0) is 11.3 Å². The molecule has 2 atom stereocenters. The van der Waals surface area contributed by atoms with Crippen molar-refractivity contribution < 1.29 is 9.53 Å². The van der Waals surface area contributed by atoms with Crippen LogP contribution in [0.15, 0.2) is 67.3 Å². The van der Waals surface area contributed by atoms with E-state index in [0.717, 1.165) is 31.9 Å². The number of rotatable bonds is 7. The third kappa shape index (κ3) is 4.94. The molecule has 2 aromatic carbocycles. The molecule has 1 saturated heterocycles. The first-order valence-corrected chi connectivity index (χ1v) is 10.7. The number of ether oxygens (including phenoxy) is 1. The average molecular weight is 420 g/mol. The van der Waals surface area contributed by atoms with E-state index in [9.17, 15) is 4.79 Å². The monoisotopic (exact) mass is 419 g/mol. The molecular weight excluding hydrogens is 390 g/mol. The minimum Gasteiger partial charge on any atom is -0.497 e. The lowest BCUT2D eigenvalue weighted by molar-refractivity contribution is -0.137. The quantitative estimate of drug-likeness (QED) is 0.589. The Kier molecular flexibility index (Phi) is 6.62. The van der Waals surface area contributed by atoms with E-state index in [1.807, 2.05) is 30.0 Å².